The van der Waals surface area contributed by atoms with Gasteiger partial charge in [0.2, 0.25) is 0 Å². The van der Waals surface area contributed by atoms with E-state index in [9.17, 15) is 0 Å². The largest absolute Gasteiger partial charge is 0.458 e. The molecule has 0 amide bonds. The highest BCUT2D eigenvalue weighted by Gasteiger charge is 2.38. The summed E-state index contributed by atoms with van der Waals surface area (Å²) in [6, 6.07) is 66.0. The van der Waals surface area contributed by atoms with Crippen molar-refractivity contribution in [2.45, 2.75) is 4.90 Å². The van der Waals surface area contributed by atoms with Crippen LogP contribution in [0.2, 0.25) is 0 Å². The number of hydrogen-bond acceptors (Lipinski definition) is 2. The average molecular weight is 680 g/mol. The third-order valence-electron chi connectivity index (χ3n) is 10.7. The quantitative estimate of drug-likeness (QED) is 0.172. The van der Waals surface area contributed by atoms with Crippen molar-refractivity contribution >= 4 is 50.3 Å². The maximum atomic E-state index is 6.76. The van der Waals surface area contributed by atoms with E-state index in [-0.39, 0.29) is 5.99 Å². The van der Waals surface area contributed by atoms with Crippen LogP contribution in [0.15, 0.2) is 187 Å². The SMILES string of the molecule is c1ccc(-c2ccccc2-c2ccc3c(c2)SB2c4ccccc4Oc4cc(-c5cccc(-n6c7ccccc7c7ccccc76)c5)cc-3c42)cc1. The van der Waals surface area contributed by atoms with Crippen LogP contribution in [0.1, 0.15) is 0 Å². The third kappa shape index (κ3) is 4.54. The molecule has 0 aliphatic carbocycles. The molecule has 2 aliphatic rings. The van der Waals surface area contributed by atoms with Crippen molar-refractivity contribution in [2.75, 3.05) is 0 Å². The molecule has 0 radical (unpaired) electrons. The molecule has 0 fully saturated rings. The zero-order chi connectivity index (χ0) is 34.2. The van der Waals surface area contributed by atoms with E-state index in [1.165, 1.54) is 71.0 Å². The molecule has 0 bridgehead atoms. The molecule has 0 atom stereocenters. The second-order valence-corrected chi connectivity index (χ2v) is 14.8. The van der Waals surface area contributed by atoms with Crippen molar-refractivity contribution in [3.8, 4) is 61.7 Å². The Hall–Kier alpha value is -6.23. The van der Waals surface area contributed by atoms with Crippen molar-refractivity contribution in [3.05, 3.63) is 182 Å². The number of hydrogen-bond donors (Lipinski definition) is 0. The standard InChI is InChI=1S/C48H30BNOS/c1-2-13-31(14-3-1)36-17-4-5-18-37(36)33-25-26-40-41-28-34(29-46-48(41)49(52-47(40)30-33)42-21-8-11-24-45(42)51-46)32-15-12-16-35(27-32)50-43-22-9-6-19-38(43)39-20-7-10-23-44(39)50/h1-30H. The van der Waals surface area contributed by atoms with Crippen molar-refractivity contribution in [1.29, 1.82) is 0 Å². The fraction of sp³-hybridized carbons (Fsp3) is 0. The van der Waals surface area contributed by atoms with Crippen LogP contribution in [-0.2, 0) is 0 Å². The molecule has 0 saturated heterocycles. The number of fused-ring (bicyclic) bond motifs is 7. The van der Waals surface area contributed by atoms with Gasteiger partial charge in [0.15, 0.2) is 0 Å². The van der Waals surface area contributed by atoms with Crippen LogP contribution in [0.25, 0.3) is 72.0 Å². The molecule has 1 aromatic heterocycles. The molecule has 4 heteroatoms. The Balaban J connectivity index is 1.09. The maximum Gasteiger partial charge on any atom is 0.289 e. The van der Waals surface area contributed by atoms with E-state index in [1.807, 2.05) is 11.6 Å². The Kier molecular flexibility index (Phi) is 6.62. The summed E-state index contributed by atoms with van der Waals surface area (Å²) in [6.07, 6.45) is 0. The van der Waals surface area contributed by atoms with Gasteiger partial charge in [0.05, 0.1) is 11.0 Å². The minimum absolute atomic E-state index is 0.139. The van der Waals surface area contributed by atoms with E-state index in [0.29, 0.717) is 0 Å². The van der Waals surface area contributed by atoms with Gasteiger partial charge in [0.1, 0.15) is 11.5 Å². The normalized spacial score (nSPS) is 12.7. The van der Waals surface area contributed by atoms with Gasteiger partial charge in [-0.05, 0) is 104 Å². The number of aromatic nitrogens is 1. The molecule has 2 aliphatic heterocycles. The molecule has 0 spiro atoms. The zero-order valence-electron chi connectivity index (χ0n) is 28.2. The monoisotopic (exact) mass is 679 g/mol. The average Bonchev–Trinajstić information content (AvgIpc) is 3.55. The van der Waals surface area contributed by atoms with E-state index in [4.69, 9.17) is 4.74 Å². The summed E-state index contributed by atoms with van der Waals surface area (Å²) < 4.78 is 9.15. The highest BCUT2D eigenvalue weighted by molar-refractivity contribution is 8.28. The van der Waals surface area contributed by atoms with Gasteiger partial charge in [-0.2, -0.15) is 11.6 Å². The van der Waals surface area contributed by atoms with Crippen LogP contribution in [0.3, 0.4) is 0 Å². The molecule has 0 unspecified atom stereocenters. The lowest BCUT2D eigenvalue weighted by Gasteiger charge is -2.33. The number of para-hydroxylation sites is 3. The first-order valence-electron chi connectivity index (χ1n) is 17.8. The summed E-state index contributed by atoms with van der Waals surface area (Å²) in [5, 5.41) is 2.53. The summed E-state index contributed by atoms with van der Waals surface area (Å²) in [5.74, 6) is 2.01. The van der Waals surface area contributed by atoms with Gasteiger partial charge in [-0.1, -0.05) is 133 Å². The van der Waals surface area contributed by atoms with Gasteiger partial charge in [-0.25, -0.2) is 0 Å². The molecule has 242 valence electrons. The van der Waals surface area contributed by atoms with E-state index in [0.717, 1.165) is 28.3 Å². The van der Waals surface area contributed by atoms with Gasteiger partial charge in [0, 0.05) is 21.4 Å². The van der Waals surface area contributed by atoms with Crippen molar-refractivity contribution < 1.29 is 4.74 Å². The zero-order valence-corrected chi connectivity index (χ0v) is 29.0. The molecule has 9 aromatic rings. The molecular formula is C48H30BNOS. The first kappa shape index (κ1) is 29.5. The van der Waals surface area contributed by atoms with Crippen molar-refractivity contribution in [3.63, 3.8) is 0 Å². The van der Waals surface area contributed by atoms with Gasteiger partial charge in [-0.15, -0.1) is 0 Å². The third-order valence-corrected chi connectivity index (χ3v) is 12.0. The lowest BCUT2D eigenvalue weighted by molar-refractivity contribution is 0.488. The van der Waals surface area contributed by atoms with Gasteiger partial charge < -0.3 is 9.30 Å². The highest BCUT2D eigenvalue weighted by atomic mass is 32.2. The fourth-order valence-electron chi connectivity index (χ4n) is 8.32. The highest BCUT2D eigenvalue weighted by Crippen LogP contribution is 2.47. The van der Waals surface area contributed by atoms with Crippen LogP contribution in [-0.4, -0.2) is 10.6 Å². The Labute approximate surface area is 307 Å². The number of ether oxygens (including phenoxy) is 1. The fourth-order valence-corrected chi connectivity index (χ4v) is 9.76. The van der Waals surface area contributed by atoms with Gasteiger partial charge in [-0.3, -0.25) is 0 Å². The van der Waals surface area contributed by atoms with Crippen LogP contribution in [0.5, 0.6) is 11.5 Å². The first-order chi connectivity index (χ1) is 25.8. The Bertz CT molecular complexity index is 2820. The summed E-state index contributed by atoms with van der Waals surface area (Å²) in [7, 11) is 0. The lowest BCUT2D eigenvalue weighted by atomic mass is 9.57. The first-order valence-corrected chi connectivity index (χ1v) is 18.7. The lowest BCUT2D eigenvalue weighted by Crippen LogP contribution is -2.46. The van der Waals surface area contributed by atoms with Crippen molar-refractivity contribution in [1.82, 2.24) is 4.57 Å². The predicted molar refractivity (Wildman–Crippen MR) is 220 cm³/mol. The van der Waals surface area contributed by atoms with Crippen LogP contribution in [0, 0.1) is 0 Å². The molecule has 8 aromatic carbocycles. The van der Waals surface area contributed by atoms with Gasteiger partial charge in [0.25, 0.3) is 5.99 Å². The number of rotatable bonds is 4. The summed E-state index contributed by atoms with van der Waals surface area (Å²) in [5.41, 5.74) is 15.8. The van der Waals surface area contributed by atoms with E-state index < -0.39 is 0 Å². The topological polar surface area (TPSA) is 14.2 Å². The predicted octanol–water partition coefficient (Wildman–Crippen LogP) is 11.8. The molecular weight excluding hydrogens is 649 g/mol. The maximum absolute atomic E-state index is 6.76. The van der Waals surface area contributed by atoms with Crippen LogP contribution >= 0.6 is 11.6 Å². The number of nitrogens with zero attached hydrogens (tertiary/aromatic N) is 1. The minimum Gasteiger partial charge on any atom is -0.458 e. The molecule has 3 heterocycles. The van der Waals surface area contributed by atoms with Gasteiger partial charge >= 0.3 is 0 Å². The molecule has 2 nitrogen and oxygen atoms in total. The summed E-state index contributed by atoms with van der Waals surface area (Å²) in [6.45, 7) is 0. The van der Waals surface area contributed by atoms with E-state index >= 15 is 0 Å². The Morgan fingerprint density at radius 2 is 1.10 bits per heavy atom. The summed E-state index contributed by atoms with van der Waals surface area (Å²) in [4.78, 5) is 1.29. The molecule has 11 rings (SSSR count). The Morgan fingerprint density at radius 3 is 1.90 bits per heavy atom. The van der Waals surface area contributed by atoms with E-state index in [1.54, 1.807) is 0 Å². The molecule has 0 N–H and O–H groups in total. The number of benzene rings is 8. The second-order valence-electron chi connectivity index (χ2n) is 13.6. The van der Waals surface area contributed by atoms with E-state index in [2.05, 4.69) is 187 Å². The molecule has 52 heavy (non-hydrogen) atoms. The molecule has 0 saturated carbocycles. The van der Waals surface area contributed by atoms with Crippen LogP contribution in [0.4, 0.5) is 0 Å². The second kappa shape index (κ2) is 11.7. The Morgan fingerprint density at radius 1 is 0.423 bits per heavy atom. The smallest absolute Gasteiger partial charge is 0.289 e. The summed E-state index contributed by atoms with van der Waals surface area (Å²) >= 11 is 1.94. The van der Waals surface area contributed by atoms with Crippen molar-refractivity contribution in [2.24, 2.45) is 0 Å². The van der Waals surface area contributed by atoms with Crippen LogP contribution < -0.4 is 15.7 Å². The minimum atomic E-state index is 0.139.